The number of likely N-dealkylation sites (N-methyl/N-ethyl adjacent to an activating group) is 1. The molecule has 2 atom stereocenters. The Morgan fingerprint density at radius 1 is 1.11 bits per heavy atom. The van der Waals surface area contributed by atoms with Gasteiger partial charge in [0.05, 0.1) is 17.6 Å². The molecule has 2 aromatic carbocycles. The molecule has 1 fully saturated rings. The third-order valence-electron chi connectivity index (χ3n) is 5.36. The van der Waals surface area contributed by atoms with Crippen molar-refractivity contribution >= 4 is 15.7 Å². The van der Waals surface area contributed by atoms with Crippen LogP contribution in [0.4, 0.5) is 5.69 Å². The molecule has 2 aromatic rings. The van der Waals surface area contributed by atoms with Crippen molar-refractivity contribution < 1.29 is 13.2 Å². The van der Waals surface area contributed by atoms with E-state index in [2.05, 4.69) is 37.3 Å². The van der Waals surface area contributed by atoms with Crippen molar-refractivity contribution in [2.75, 3.05) is 24.4 Å². The Labute approximate surface area is 168 Å². The first-order valence-electron chi connectivity index (χ1n) is 9.88. The average Bonchev–Trinajstić information content (AvgIpc) is 2.69. The van der Waals surface area contributed by atoms with E-state index in [-0.39, 0.29) is 11.0 Å². The van der Waals surface area contributed by atoms with Gasteiger partial charge in [-0.2, -0.15) is 0 Å². The topological polar surface area (TPSA) is 58.6 Å². The van der Waals surface area contributed by atoms with E-state index in [9.17, 15) is 8.42 Å². The van der Waals surface area contributed by atoms with Crippen LogP contribution in [0.25, 0.3) is 0 Å². The Bertz CT molecular complexity index is 877. The normalized spacial score (nSPS) is 21.0. The maximum Gasteiger partial charge on any atom is 0.261 e. The van der Waals surface area contributed by atoms with Crippen LogP contribution in [0.15, 0.2) is 53.4 Å². The van der Waals surface area contributed by atoms with Crippen LogP contribution in [0.3, 0.4) is 0 Å². The highest BCUT2D eigenvalue weighted by Gasteiger charge is 2.26. The zero-order chi connectivity index (χ0) is 20.3. The largest absolute Gasteiger partial charge is 0.371 e. The van der Waals surface area contributed by atoms with Crippen LogP contribution in [0, 0.1) is 0 Å². The zero-order valence-corrected chi connectivity index (χ0v) is 17.9. The van der Waals surface area contributed by atoms with Gasteiger partial charge in [-0.1, -0.05) is 45.0 Å². The van der Waals surface area contributed by atoms with Crippen molar-refractivity contribution in [1.82, 2.24) is 4.90 Å². The fraction of sp³-hybridized carbons (Fsp3) is 0.455. The van der Waals surface area contributed by atoms with Crippen LogP contribution in [-0.2, 0) is 14.8 Å². The third-order valence-corrected chi connectivity index (χ3v) is 6.76. The average molecular weight is 403 g/mol. The monoisotopic (exact) mass is 402 g/mol. The minimum atomic E-state index is -3.60. The lowest BCUT2D eigenvalue weighted by Gasteiger charge is -2.37. The molecule has 3 rings (SSSR count). The summed E-state index contributed by atoms with van der Waals surface area (Å²) in [6.07, 6.45) is 0.0189. The van der Waals surface area contributed by atoms with Gasteiger partial charge in [0, 0.05) is 18.3 Å². The summed E-state index contributed by atoms with van der Waals surface area (Å²) in [5.74, 6) is 0.367. The standard InChI is InChI=1S/C22H30N2O3S/c1-5-24-14-22(27-15-17(24)4)19-6-10-20(11-7-19)23-28(25,26)21-12-8-18(9-13-21)16(2)3/h6-13,16-17,22-23H,5,14-15H2,1-4H3/t17-,22-/m0/s1. The lowest BCUT2D eigenvalue weighted by Crippen LogP contribution is -2.44. The number of nitrogens with zero attached hydrogens (tertiary/aromatic N) is 1. The number of hydrogen-bond donors (Lipinski definition) is 1. The minimum Gasteiger partial charge on any atom is -0.371 e. The summed E-state index contributed by atoms with van der Waals surface area (Å²) < 4.78 is 33.9. The SMILES string of the molecule is CCN1C[C@@H](c2ccc(NS(=O)(=O)c3ccc(C(C)C)cc3)cc2)OC[C@@H]1C. The molecule has 6 heteroatoms. The number of anilines is 1. The van der Waals surface area contributed by atoms with Gasteiger partial charge in [0.2, 0.25) is 0 Å². The predicted octanol–water partition coefficient (Wildman–Crippen LogP) is 4.39. The van der Waals surface area contributed by atoms with Crippen LogP contribution < -0.4 is 4.72 Å². The third kappa shape index (κ3) is 4.74. The summed E-state index contributed by atoms with van der Waals surface area (Å²) in [7, 11) is -3.60. The number of ether oxygens (including phenoxy) is 1. The van der Waals surface area contributed by atoms with E-state index >= 15 is 0 Å². The molecule has 1 saturated heterocycles. The molecule has 0 aromatic heterocycles. The second-order valence-corrected chi connectivity index (χ2v) is 9.39. The Kier molecular flexibility index (Phi) is 6.43. The van der Waals surface area contributed by atoms with Gasteiger partial charge in [0.15, 0.2) is 0 Å². The first-order valence-corrected chi connectivity index (χ1v) is 11.4. The summed E-state index contributed by atoms with van der Waals surface area (Å²) in [5, 5.41) is 0. The number of benzene rings is 2. The summed E-state index contributed by atoms with van der Waals surface area (Å²) in [4.78, 5) is 2.66. The number of rotatable bonds is 6. The maximum atomic E-state index is 12.6. The Morgan fingerprint density at radius 2 is 1.75 bits per heavy atom. The van der Waals surface area contributed by atoms with Crippen LogP contribution in [0.2, 0.25) is 0 Å². The highest BCUT2D eigenvalue weighted by atomic mass is 32.2. The van der Waals surface area contributed by atoms with E-state index in [0.29, 0.717) is 24.3 Å². The van der Waals surface area contributed by atoms with Gasteiger partial charge in [-0.3, -0.25) is 9.62 Å². The zero-order valence-electron chi connectivity index (χ0n) is 17.1. The van der Waals surface area contributed by atoms with Gasteiger partial charge in [-0.05, 0) is 54.8 Å². The first-order chi connectivity index (χ1) is 13.3. The van der Waals surface area contributed by atoms with Gasteiger partial charge in [0.1, 0.15) is 0 Å². The lowest BCUT2D eigenvalue weighted by atomic mass is 10.0. The van der Waals surface area contributed by atoms with E-state index in [1.807, 2.05) is 24.3 Å². The van der Waals surface area contributed by atoms with Crippen molar-refractivity contribution in [2.24, 2.45) is 0 Å². The summed E-state index contributed by atoms with van der Waals surface area (Å²) in [6, 6.07) is 14.9. The molecule has 1 aliphatic heterocycles. The number of hydrogen-bond acceptors (Lipinski definition) is 4. The quantitative estimate of drug-likeness (QED) is 0.778. The number of sulfonamides is 1. The molecule has 0 aliphatic carbocycles. The Hall–Kier alpha value is -1.89. The predicted molar refractivity (Wildman–Crippen MR) is 113 cm³/mol. The van der Waals surface area contributed by atoms with Crippen molar-refractivity contribution in [3.8, 4) is 0 Å². The molecule has 5 nitrogen and oxygen atoms in total. The molecule has 28 heavy (non-hydrogen) atoms. The molecule has 1 aliphatic rings. The molecule has 0 saturated carbocycles. The van der Waals surface area contributed by atoms with Gasteiger partial charge in [-0.25, -0.2) is 8.42 Å². The Balaban J connectivity index is 1.69. The minimum absolute atomic E-state index is 0.0189. The van der Waals surface area contributed by atoms with Crippen molar-refractivity contribution in [3.63, 3.8) is 0 Å². The Morgan fingerprint density at radius 3 is 2.32 bits per heavy atom. The maximum absolute atomic E-state index is 12.6. The molecule has 0 amide bonds. The van der Waals surface area contributed by atoms with Crippen LogP contribution in [0.1, 0.15) is 50.8 Å². The molecule has 0 spiro atoms. The highest BCUT2D eigenvalue weighted by molar-refractivity contribution is 7.92. The number of nitrogens with one attached hydrogen (secondary N) is 1. The van der Waals surface area contributed by atoms with Gasteiger partial charge in [0.25, 0.3) is 10.0 Å². The van der Waals surface area contributed by atoms with Crippen LogP contribution in [-0.4, -0.2) is 39.1 Å². The smallest absolute Gasteiger partial charge is 0.261 e. The summed E-state index contributed by atoms with van der Waals surface area (Å²) in [5.41, 5.74) is 2.73. The molecule has 0 radical (unpaired) electrons. The lowest BCUT2D eigenvalue weighted by molar-refractivity contribution is -0.0580. The second kappa shape index (κ2) is 8.64. The van der Waals surface area contributed by atoms with Crippen LogP contribution in [0.5, 0.6) is 0 Å². The molecule has 0 unspecified atom stereocenters. The van der Waals surface area contributed by atoms with Gasteiger partial charge < -0.3 is 4.74 Å². The van der Waals surface area contributed by atoms with Crippen molar-refractivity contribution in [1.29, 1.82) is 0 Å². The highest BCUT2D eigenvalue weighted by Crippen LogP contribution is 2.26. The molecular weight excluding hydrogens is 372 g/mol. The van der Waals surface area contributed by atoms with E-state index in [4.69, 9.17) is 4.74 Å². The van der Waals surface area contributed by atoms with E-state index in [0.717, 1.165) is 24.2 Å². The van der Waals surface area contributed by atoms with E-state index in [1.165, 1.54) is 0 Å². The second-order valence-electron chi connectivity index (χ2n) is 7.71. The fourth-order valence-corrected chi connectivity index (χ4v) is 4.52. The molecule has 1 heterocycles. The van der Waals surface area contributed by atoms with Gasteiger partial charge >= 0.3 is 0 Å². The van der Waals surface area contributed by atoms with E-state index in [1.54, 1.807) is 24.3 Å². The first kappa shape index (κ1) is 20.8. The summed E-state index contributed by atoms with van der Waals surface area (Å²) >= 11 is 0. The van der Waals surface area contributed by atoms with Gasteiger partial charge in [-0.15, -0.1) is 0 Å². The van der Waals surface area contributed by atoms with Crippen LogP contribution >= 0.6 is 0 Å². The fourth-order valence-electron chi connectivity index (χ4n) is 3.46. The molecule has 152 valence electrons. The molecule has 1 N–H and O–H groups in total. The van der Waals surface area contributed by atoms with Crippen molar-refractivity contribution in [3.05, 3.63) is 59.7 Å². The summed E-state index contributed by atoms with van der Waals surface area (Å²) in [6.45, 7) is 11.0. The molecule has 0 bridgehead atoms. The van der Waals surface area contributed by atoms with E-state index < -0.39 is 10.0 Å². The number of morpholine rings is 1. The molecular formula is C22H30N2O3S. The van der Waals surface area contributed by atoms with Crippen molar-refractivity contribution in [2.45, 2.75) is 50.7 Å².